The molecule has 2 bridgehead atoms. The zero-order valence-corrected chi connectivity index (χ0v) is 13.3. The Bertz CT molecular complexity index is 707. The smallest absolute Gasteiger partial charge is 0.224 e. The van der Waals surface area contributed by atoms with E-state index in [0.717, 1.165) is 48.2 Å². The third-order valence-electron chi connectivity index (χ3n) is 4.45. The maximum Gasteiger partial charge on any atom is 0.224 e. The lowest BCUT2D eigenvalue weighted by molar-refractivity contribution is -0.116. The molecule has 22 heavy (non-hydrogen) atoms. The summed E-state index contributed by atoms with van der Waals surface area (Å²) in [5, 5.41) is 3.10. The zero-order valence-electron chi connectivity index (χ0n) is 13.3. The van der Waals surface area contributed by atoms with E-state index in [1.807, 2.05) is 18.3 Å². The molecule has 1 amide bonds. The fraction of sp³-hybridized carbons (Fsp3) is 0.368. The van der Waals surface area contributed by atoms with E-state index in [1.54, 1.807) is 0 Å². The van der Waals surface area contributed by atoms with Crippen LogP contribution >= 0.6 is 0 Å². The summed E-state index contributed by atoms with van der Waals surface area (Å²) in [6.07, 6.45) is 6.54. The second-order valence-corrected chi connectivity index (χ2v) is 6.07. The van der Waals surface area contributed by atoms with Crippen LogP contribution in [0.2, 0.25) is 0 Å². The number of nitrogens with one attached hydrogen (secondary N) is 1. The van der Waals surface area contributed by atoms with Crippen molar-refractivity contribution >= 4 is 11.6 Å². The molecule has 2 heterocycles. The molecule has 1 aromatic carbocycles. The van der Waals surface area contributed by atoms with Gasteiger partial charge in [0.2, 0.25) is 5.91 Å². The summed E-state index contributed by atoms with van der Waals surface area (Å²) in [7, 11) is 0. The minimum absolute atomic E-state index is 0.111. The second kappa shape index (κ2) is 6.30. The third kappa shape index (κ3) is 3.03. The van der Waals surface area contributed by atoms with Crippen LogP contribution in [0, 0.1) is 13.8 Å². The molecular formula is C19H22N2O. The quantitative estimate of drug-likeness (QED) is 0.781. The van der Waals surface area contributed by atoms with Gasteiger partial charge in [-0.1, -0.05) is 12.5 Å². The van der Waals surface area contributed by atoms with Gasteiger partial charge in [-0.15, -0.1) is 0 Å². The highest BCUT2D eigenvalue weighted by Crippen LogP contribution is 2.34. The average molecular weight is 294 g/mol. The van der Waals surface area contributed by atoms with Crippen molar-refractivity contribution in [1.29, 1.82) is 0 Å². The SMILES string of the molecule is Cc1ccc2c(c1C)-c1ccnc(c1)CCCCCC(=O)N2. The topological polar surface area (TPSA) is 42.0 Å². The van der Waals surface area contributed by atoms with Gasteiger partial charge >= 0.3 is 0 Å². The van der Waals surface area contributed by atoms with Crippen molar-refractivity contribution in [3.63, 3.8) is 0 Å². The molecule has 0 atom stereocenters. The first-order valence-electron chi connectivity index (χ1n) is 8.00. The fourth-order valence-corrected chi connectivity index (χ4v) is 3.04. The van der Waals surface area contributed by atoms with Gasteiger partial charge in [-0.2, -0.15) is 0 Å². The summed E-state index contributed by atoms with van der Waals surface area (Å²) in [5.41, 5.74) is 6.76. The molecule has 2 aromatic rings. The number of carbonyl (C=O) groups excluding carboxylic acids is 1. The third-order valence-corrected chi connectivity index (χ3v) is 4.45. The van der Waals surface area contributed by atoms with E-state index in [1.165, 1.54) is 11.1 Å². The van der Waals surface area contributed by atoms with E-state index in [4.69, 9.17) is 0 Å². The molecule has 3 nitrogen and oxygen atoms in total. The summed E-state index contributed by atoms with van der Waals surface area (Å²) in [5.74, 6) is 0.111. The number of nitrogens with zero attached hydrogens (tertiary/aromatic N) is 1. The van der Waals surface area contributed by atoms with Crippen molar-refractivity contribution in [2.24, 2.45) is 0 Å². The van der Waals surface area contributed by atoms with Gasteiger partial charge in [0.15, 0.2) is 0 Å². The van der Waals surface area contributed by atoms with Gasteiger partial charge in [-0.3, -0.25) is 9.78 Å². The second-order valence-electron chi connectivity index (χ2n) is 6.07. The van der Waals surface area contributed by atoms with Crippen LogP contribution in [0.25, 0.3) is 11.1 Å². The predicted octanol–water partition coefficient (Wildman–Crippen LogP) is 4.42. The predicted molar refractivity (Wildman–Crippen MR) is 89.9 cm³/mol. The van der Waals surface area contributed by atoms with Crippen molar-refractivity contribution in [1.82, 2.24) is 4.98 Å². The first-order chi connectivity index (χ1) is 10.6. The molecule has 0 saturated carbocycles. The molecule has 3 heteroatoms. The van der Waals surface area contributed by atoms with E-state index in [0.29, 0.717) is 6.42 Å². The van der Waals surface area contributed by atoms with E-state index in [-0.39, 0.29) is 5.91 Å². The van der Waals surface area contributed by atoms with E-state index in [9.17, 15) is 4.79 Å². The van der Waals surface area contributed by atoms with Gasteiger partial charge in [0, 0.05) is 29.6 Å². The summed E-state index contributed by atoms with van der Waals surface area (Å²) in [6, 6.07) is 8.29. The molecule has 0 unspecified atom stereocenters. The molecule has 0 aliphatic carbocycles. The highest BCUT2D eigenvalue weighted by molar-refractivity contribution is 5.96. The van der Waals surface area contributed by atoms with E-state index in [2.05, 4.69) is 36.3 Å². The van der Waals surface area contributed by atoms with Crippen molar-refractivity contribution in [2.45, 2.75) is 46.0 Å². The molecule has 114 valence electrons. The fourth-order valence-electron chi connectivity index (χ4n) is 3.04. The van der Waals surface area contributed by atoms with Gasteiger partial charge in [-0.25, -0.2) is 0 Å². The Morgan fingerprint density at radius 2 is 1.86 bits per heavy atom. The molecule has 0 spiro atoms. The molecule has 1 aliphatic rings. The maximum atomic E-state index is 12.2. The molecule has 0 saturated heterocycles. The zero-order chi connectivity index (χ0) is 15.5. The normalized spacial score (nSPS) is 15.3. The van der Waals surface area contributed by atoms with Gasteiger partial charge in [0.25, 0.3) is 0 Å². The molecule has 0 radical (unpaired) electrons. The molecule has 3 rings (SSSR count). The number of fused-ring (bicyclic) bond motifs is 4. The Morgan fingerprint density at radius 1 is 1.05 bits per heavy atom. The van der Waals surface area contributed by atoms with Crippen LogP contribution in [0.4, 0.5) is 5.69 Å². The number of anilines is 1. The van der Waals surface area contributed by atoms with Gasteiger partial charge < -0.3 is 5.32 Å². The average Bonchev–Trinajstić information content (AvgIpc) is 2.50. The minimum Gasteiger partial charge on any atom is -0.326 e. The highest BCUT2D eigenvalue weighted by atomic mass is 16.1. The molecule has 1 aromatic heterocycles. The van der Waals surface area contributed by atoms with E-state index >= 15 is 0 Å². The number of rotatable bonds is 0. The lowest BCUT2D eigenvalue weighted by atomic mass is 9.94. The number of aromatic nitrogens is 1. The summed E-state index contributed by atoms with van der Waals surface area (Å²) >= 11 is 0. The Balaban J connectivity index is 2.16. The molecule has 1 aliphatic heterocycles. The van der Waals surface area contributed by atoms with Crippen LogP contribution in [0.5, 0.6) is 0 Å². The van der Waals surface area contributed by atoms with Gasteiger partial charge in [-0.05, 0) is 68.0 Å². The van der Waals surface area contributed by atoms with Crippen LogP contribution in [-0.2, 0) is 11.2 Å². The number of hydrogen-bond acceptors (Lipinski definition) is 2. The molecular weight excluding hydrogens is 272 g/mol. The Hall–Kier alpha value is -2.16. The van der Waals surface area contributed by atoms with Crippen LogP contribution in [0.3, 0.4) is 0 Å². The number of hydrogen-bond donors (Lipinski definition) is 1. The first-order valence-corrected chi connectivity index (χ1v) is 8.00. The van der Waals surface area contributed by atoms with E-state index < -0.39 is 0 Å². The van der Waals surface area contributed by atoms with Crippen LogP contribution in [0.1, 0.15) is 42.5 Å². The summed E-state index contributed by atoms with van der Waals surface area (Å²) in [6.45, 7) is 4.22. The largest absolute Gasteiger partial charge is 0.326 e. The lowest BCUT2D eigenvalue weighted by Gasteiger charge is -2.17. The maximum absolute atomic E-state index is 12.2. The molecule has 0 fully saturated rings. The van der Waals surface area contributed by atoms with Crippen molar-refractivity contribution < 1.29 is 4.79 Å². The van der Waals surface area contributed by atoms with Crippen LogP contribution < -0.4 is 5.32 Å². The summed E-state index contributed by atoms with van der Waals surface area (Å²) < 4.78 is 0. The number of amides is 1. The number of pyridine rings is 1. The standard InChI is InChI=1S/C19H22N2O/c1-13-8-9-17-19(14(13)2)15-10-11-20-16(12-15)6-4-3-5-7-18(22)21-17/h8-12H,3-7H2,1-2H3,(H,21,22). The van der Waals surface area contributed by atoms with Crippen molar-refractivity contribution in [3.05, 3.63) is 47.3 Å². The number of carbonyl (C=O) groups is 1. The highest BCUT2D eigenvalue weighted by Gasteiger charge is 2.14. The Morgan fingerprint density at radius 3 is 2.73 bits per heavy atom. The van der Waals surface area contributed by atoms with Crippen LogP contribution in [-0.4, -0.2) is 10.9 Å². The molecule has 1 N–H and O–H groups in total. The van der Waals surface area contributed by atoms with Gasteiger partial charge in [0.05, 0.1) is 0 Å². The van der Waals surface area contributed by atoms with Crippen LogP contribution in [0.15, 0.2) is 30.5 Å². The Labute approximate surface area is 131 Å². The van der Waals surface area contributed by atoms with Crippen molar-refractivity contribution in [3.8, 4) is 11.1 Å². The van der Waals surface area contributed by atoms with Gasteiger partial charge in [0.1, 0.15) is 0 Å². The monoisotopic (exact) mass is 294 g/mol. The van der Waals surface area contributed by atoms with Crippen molar-refractivity contribution in [2.75, 3.05) is 5.32 Å². The number of benzene rings is 1. The summed E-state index contributed by atoms with van der Waals surface area (Å²) in [4.78, 5) is 16.6. The minimum atomic E-state index is 0.111. The Kier molecular flexibility index (Phi) is 4.23. The lowest BCUT2D eigenvalue weighted by Crippen LogP contribution is -2.13. The first kappa shape index (κ1) is 14.8. The number of aryl methyl sites for hydroxylation is 2.